The van der Waals surface area contributed by atoms with Crippen LogP contribution in [0.1, 0.15) is 30.6 Å². The summed E-state index contributed by atoms with van der Waals surface area (Å²) in [4.78, 5) is 14.0. The summed E-state index contributed by atoms with van der Waals surface area (Å²) in [7, 11) is 0. The third kappa shape index (κ3) is 5.23. The van der Waals surface area contributed by atoms with Crippen molar-refractivity contribution in [3.63, 3.8) is 0 Å². The number of oxime groups is 1. The Morgan fingerprint density at radius 2 is 2.19 bits per heavy atom. The Kier molecular flexibility index (Phi) is 6.42. The molecule has 21 heavy (non-hydrogen) atoms. The molecule has 0 aromatic heterocycles. The van der Waals surface area contributed by atoms with Gasteiger partial charge in [0.1, 0.15) is 11.7 Å². The van der Waals surface area contributed by atoms with Gasteiger partial charge in [-0.2, -0.15) is 0 Å². The highest BCUT2D eigenvalue weighted by Crippen LogP contribution is 2.17. The maximum Gasteiger partial charge on any atom is 0.253 e. The van der Waals surface area contributed by atoms with Gasteiger partial charge in [0.05, 0.1) is 5.02 Å². The van der Waals surface area contributed by atoms with Gasteiger partial charge in [0.15, 0.2) is 0 Å². The number of halogens is 2. The second-order valence-corrected chi connectivity index (χ2v) is 5.52. The highest BCUT2D eigenvalue weighted by Gasteiger charge is 2.18. The second kappa shape index (κ2) is 7.83. The van der Waals surface area contributed by atoms with Crippen molar-refractivity contribution in [2.75, 3.05) is 13.1 Å². The molecule has 0 atom stereocenters. The van der Waals surface area contributed by atoms with E-state index in [9.17, 15) is 9.18 Å². The smallest absolute Gasteiger partial charge is 0.253 e. The normalized spacial score (nSPS) is 11.8. The molecule has 0 radical (unpaired) electrons. The monoisotopic (exact) mass is 315 g/mol. The van der Waals surface area contributed by atoms with Crippen molar-refractivity contribution in [2.45, 2.75) is 20.3 Å². The molecule has 5 nitrogen and oxygen atoms in total. The predicted octanol–water partition coefficient (Wildman–Crippen LogP) is 2.71. The Labute approximate surface area is 128 Å². The van der Waals surface area contributed by atoms with Gasteiger partial charge in [0.2, 0.25) is 0 Å². The third-order valence-electron chi connectivity index (χ3n) is 2.81. The zero-order chi connectivity index (χ0) is 16.0. The lowest BCUT2D eigenvalue weighted by Gasteiger charge is -2.24. The van der Waals surface area contributed by atoms with Crippen LogP contribution in [0.15, 0.2) is 23.4 Å². The fourth-order valence-electron chi connectivity index (χ4n) is 1.83. The summed E-state index contributed by atoms with van der Waals surface area (Å²) in [6.07, 6.45) is 0.241. The van der Waals surface area contributed by atoms with Crippen LogP contribution in [-0.2, 0) is 0 Å². The molecule has 7 heteroatoms. The number of hydrogen-bond donors (Lipinski definition) is 2. The summed E-state index contributed by atoms with van der Waals surface area (Å²) in [5.74, 6) is -0.675. The molecule has 1 rings (SSSR count). The van der Waals surface area contributed by atoms with Gasteiger partial charge in [0.25, 0.3) is 5.91 Å². The van der Waals surface area contributed by atoms with Crippen LogP contribution in [-0.4, -0.2) is 34.9 Å². The highest BCUT2D eigenvalue weighted by molar-refractivity contribution is 6.30. The van der Waals surface area contributed by atoms with Crippen LogP contribution in [0.25, 0.3) is 0 Å². The average molecular weight is 316 g/mol. The minimum absolute atomic E-state index is 0.0291. The van der Waals surface area contributed by atoms with Gasteiger partial charge in [0, 0.05) is 25.1 Å². The number of amidine groups is 1. The molecule has 1 aromatic rings. The molecule has 0 aliphatic rings. The fourth-order valence-corrected chi connectivity index (χ4v) is 1.95. The fraction of sp³-hybridized carbons (Fsp3) is 0.429. The minimum atomic E-state index is -0.636. The van der Waals surface area contributed by atoms with E-state index < -0.39 is 5.82 Å². The first kappa shape index (κ1) is 17.2. The Bertz CT molecular complexity index is 535. The zero-order valence-corrected chi connectivity index (χ0v) is 12.8. The van der Waals surface area contributed by atoms with E-state index in [1.54, 1.807) is 4.90 Å². The number of benzene rings is 1. The minimum Gasteiger partial charge on any atom is -0.409 e. The van der Waals surface area contributed by atoms with Crippen molar-refractivity contribution in [3.05, 3.63) is 34.6 Å². The average Bonchev–Trinajstić information content (AvgIpc) is 2.44. The Balaban J connectivity index is 2.90. The molecule has 3 N–H and O–H groups in total. The maximum absolute atomic E-state index is 13.5. The topological polar surface area (TPSA) is 78.9 Å². The van der Waals surface area contributed by atoms with Gasteiger partial charge in [-0.15, -0.1) is 0 Å². The number of carbonyl (C=O) groups excluding carboxylic acids is 1. The molecule has 1 aromatic carbocycles. The standard InChI is InChI=1S/C14H19ClFN3O2/c1-9(2)8-19(6-5-13(17)18-21)14(20)10-3-4-11(15)12(16)7-10/h3-4,7,9,21H,5-6,8H2,1-2H3,(H2,17,18). The number of nitrogens with zero attached hydrogens (tertiary/aromatic N) is 2. The summed E-state index contributed by atoms with van der Waals surface area (Å²) in [6.45, 7) is 4.71. The molecule has 0 heterocycles. The van der Waals surface area contributed by atoms with Gasteiger partial charge in [-0.3, -0.25) is 4.79 Å². The predicted molar refractivity (Wildman–Crippen MR) is 80.2 cm³/mol. The summed E-state index contributed by atoms with van der Waals surface area (Å²) < 4.78 is 13.5. The second-order valence-electron chi connectivity index (χ2n) is 5.12. The molecule has 0 unspecified atom stereocenters. The molecule has 0 spiro atoms. The van der Waals surface area contributed by atoms with E-state index >= 15 is 0 Å². The molecule has 0 saturated carbocycles. The number of carbonyl (C=O) groups is 1. The molecule has 0 aliphatic carbocycles. The van der Waals surface area contributed by atoms with Crippen molar-refractivity contribution in [1.29, 1.82) is 0 Å². The maximum atomic E-state index is 13.5. The van der Waals surface area contributed by atoms with Crippen molar-refractivity contribution in [1.82, 2.24) is 4.90 Å². The largest absolute Gasteiger partial charge is 0.409 e. The van der Waals surface area contributed by atoms with Gasteiger partial charge in [-0.1, -0.05) is 30.6 Å². The van der Waals surface area contributed by atoms with E-state index in [0.29, 0.717) is 6.54 Å². The molecular weight excluding hydrogens is 297 g/mol. The van der Waals surface area contributed by atoms with E-state index in [0.717, 1.165) is 6.07 Å². The van der Waals surface area contributed by atoms with Crippen LogP contribution in [0.4, 0.5) is 4.39 Å². The van der Waals surface area contributed by atoms with Crippen LogP contribution in [0, 0.1) is 11.7 Å². The molecule has 0 saturated heterocycles. The van der Waals surface area contributed by atoms with Crippen LogP contribution in [0.3, 0.4) is 0 Å². The van der Waals surface area contributed by atoms with Gasteiger partial charge >= 0.3 is 0 Å². The van der Waals surface area contributed by atoms with Gasteiger partial charge in [-0.05, 0) is 24.1 Å². The molecule has 0 bridgehead atoms. The number of hydrogen-bond acceptors (Lipinski definition) is 3. The summed E-state index contributed by atoms with van der Waals surface area (Å²) >= 11 is 5.61. The summed E-state index contributed by atoms with van der Waals surface area (Å²) in [5.41, 5.74) is 5.64. The third-order valence-corrected chi connectivity index (χ3v) is 3.11. The summed E-state index contributed by atoms with van der Waals surface area (Å²) in [5, 5.41) is 11.4. The first-order valence-electron chi connectivity index (χ1n) is 6.55. The van der Waals surface area contributed by atoms with E-state index in [-0.39, 0.29) is 41.2 Å². The van der Waals surface area contributed by atoms with Crippen molar-refractivity contribution >= 4 is 23.3 Å². The van der Waals surface area contributed by atoms with Gasteiger partial charge in [-0.25, -0.2) is 4.39 Å². The van der Waals surface area contributed by atoms with Gasteiger partial charge < -0.3 is 15.8 Å². The lowest BCUT2D eigenvalue weighted by atomic mass is 10.1. The van der Waals surface area contributed by atoms with E-state index in [4.69, 9.17) is 22.5 Å². The quantitative estimate of drug-likeness (QED) is 0.366. The SMILES string of the molecule is CC(C)CN(CC/C(N)=N/O)C(=O)c1ccc(Cl)c(F)c1. The number of amides is 1. The first-order chi connectivity index (χ1) is 9.85. The first-order valence-corrected chi connectivity index (χ1v) is 6.93. The number of nitrogens with two attached hydrogens (primary N) is 1. The van der Waals surface area contributed by atoms with Crippen LogP contribution in [0.2, 0.25) is 5.02 Å². The molecule has 1 amide bonds. The van der Waals surface area contributed by atoms with Crippen molar-refractivity contribution < 1.29 is 14.4 Å². The van der Waals surface area contributed by atoms with E-state index in [2.05, 4.69) is 5.16 Å². The van der Waals surface area contributed by atoms with Crippen molar-refractivity contribution in [3.8, 4) is 0 Å². The Morgan fingerprint density at radius 3 is 2.71 bits per heavy atom. The molecule has 0 aliphatic heterocycles. The zero-order valence-electron chi connectivity index (χ0n) is 12.0. The summed E-state index contributed by atoms with van der Waals surface area (Å²) in [6, 6.07) is 3.94. The molecular formula is C14H19ClFN3O2. The molecule has 116 valence electrons. The van der Waals surface area contributed by atoms with Crippen LogP contribution in [0.5, 0.6) is 0 Å². The van der Waals surface area contributed by atoms with Crippen LogP contribution >= 0.6 is 11.6 Å². The van der Waals surface area contributed by atoms with E-state index in [1.165, 1.54) is 12.1 Å². The lowest BCUT2D eigenvalue weighted by molar-refractivity contribution is 0.0740. The van der Waals surface area contributed by atoms with Crippen molar-refractivity contribution in [2.24, 2.45) is 16.8 Å². The van der Waals surface area contributed by atoms with Crippen LogP contribution < -0.4 is 5.73 Å². The Morgan fingerprint density at radius 1 is 1.52 bits per heavy atom. The lowest BCUT2D eigenvalue weighted by Crippen LogP contribution is -2.36. The van der Waals surface area contributed by atoms with E-state index in [1.807, 2.05) is 13.8 Å². The number of rotatable bonds is 6. The molecule has 0 fully saturated rings. The Hall–Kier alpha value is -1.82. The highest BCUT2D eigenvalue weighted by atomic mass is 35.5.